The first kappa shape index (κ1) is 98.1. The number of nitrogens with two attached hydrogens (primary N) is 2. The van der Waals surface area contributed by atoms with E-state index >= 15 is 0 Å². The topological polar surface area (TPSA) is 951 Å². The molecule has 8 saturated heterocycles. The molecule has 8 heterocycles. The van der Waals surface area contributed by atoms with Crippen molar-refractivity contribution in [1.29, 1.82) is 0 Å². The fraction of sp³-hybridized carbons (Fsp3) is 0.964. The number of carbonyl (C=O) groups is 2. The number of carboxylic acids is 2. The summed E-state index contributed by atoms with van der Waals surface area (Å²) in [7, 11) is -18.4. The average molecular weight is 1760 g/mol. The van der Waals surface area contributed by atoms with Gasteiger partial charge in [-0.1, -0.05) is 0 Å². The minimum Gasteiger partial charge on any atom is -0.477 e. The van der Waals surface area contributed by atoms with Gasteiger partial charge < -0.3 is 245 Å². The van der Waals surface area contributed by atoms with Crippen LogP contribution in [0.15, 0.2) is 0 Å². The van der Waals surface area contributed by atoms with Crippen molar-refractivity contribution in [2.45, 2.75) is 276 Å². The van der Waals surface area contributed by atoms with Crippen LogP contribution in [0.2, 0.25) is 0 Å². The summed E-state index contributed by atoms with van der Waals surface area (Å²) in [6.07, 6.45) is -102. The van der Waals surface area contributed by atoms with Crippen molar-refractivity contribution in [2.75, 3.05) is 52.9 Å². The number of aliphatic carboxylic acids is 2. The second-order valence-electron chi connectivity index (χ2n) is 27.7. The molecule has 60 heteroatoms. The molecule has 8 aliphatic rings. The number of hydrogen-bond donors (Lipinski definition) is 34. The second-order valence-corrected chi connectivity index (χ2v) is 31.3. The fourth-order valence-corrected chi connectivity index (χ4v) is 15.4. The normalized spacial score (nSPS) is 46.0. The maximum atomic E-state index is 14.1. The van der Waals surface area contributed by atoms with Crippen LogP contribution in [0, 0.1) is 0 Å². The van der Waals surface area contributed by atoms with Gasteiger partial charge in [-0.3, -0.25) is 13.6 Å². The molecule has 0 aromatic rings. The summed E-state index contributed by atoms with van der Waals surface area (Å²) in [5.41, 5.74) is 11.8. The molecule has 57 nitrogen and oxygen atoms in total. The van der Waals surface area contributed by atoms with Gasteiger partial charge in [-0.25, -0.2) is 23.3 Å². The zero-order chi connectivity index (χ0) is 86.1. The van der Waals surface area contributed by atoms with Crippen molar-refractivity contribution in [2.24, 2.45) is 11.5 Å². The highest BCUT2D eigenvalue weighted by Gasteiger charge is 2.66. The molecule has 0 saturated carbocycles. The summed E-state index contributed by atoms with van der Waals surface area (Å²) in [6, 6.07) is -3.61. The summed E-state index contributed by atoms with van der Waals surface area (Å²) in [5.74, 6) is -12.5. The van der Waals surface area contributed by atoms with Gasteiger partial charge in [0.25, 0.3) is 11.6 Å². The Balaban J connectivity index is 1.24. The van der Waals surface area contributed by atoms with Crippen molar-refractivity contribution in [3.63, 3.8) is 0 Å². The van der Waals surface area contributed by atoms with Gasteiger partial charge in [-0.05, 0) is 0 Å². The molecule has 0 aromatic carbocycles. The van der Waals surface area contributed by atoms with Crippen LogP contribution in [0.5, 0.6) is 0 Å². The molecule has 36 N–H and O–H groups in total. The van der Waals surface area contributed by atoms with Crippen LogP contribution in [0.25, 0.3) is 0 Å². The van der Waals surface area contributed by atoms with E-state index < -0.39 is 364 Å². The van der Waals surface area contributed by atoms with Crippen LogP contribution < -0.4 is 11.5 Å². The Morgan fingerprint density at radius 2 is 0.826 bits per heavy atom. The Kier molecular flexibility index (Phi) is 34.2. The molecule has 0 spiro atoms. The Labute approximate surface area is 644 Å². The van der Waals surface area contributed by atoms with Gasteiger partial charge in [0.1, 0.15) is 189 Å². The number of aliphatic hydroxyl groups is 24. The quantitative estimate of drug-likeness (QED) is 0.0262. The SMILES string of the molecule is N[C@@H]1[C@@H](O)[C@H](O)[C@@H](CO[C@@H]2O[C@H](CO[C@]3(C(=O)O)C[C@@H](O[C@]4(C(=O)O)C[C@@H](O)[C@@H](O)[C@@H]([C@H](O)CO)O4)[C@@H](O[C@H]4O[C@H]([C@@H](O)CO)[C@@H](OP(=O)(O)O)[C@H](O[C@H]5O[C@H]([C@@H](O)CO[C@H]6O[C@H]([C@@H](O)CO)[C@@H](O)[C@H](O)[C@@H]6O)[C@@H](OP(=O)(O)O)[C@H](O[C@H]6O[C@H](CO)[C@@H](O)[C@H](O)[C@H]6O)[C@@H]5O)[C@@H]4O)[C@@H]([C@H](O)CO)O3)[C@@H](OP(=O)(O)O)[C@H](O)[C@H]2N)O[C@@H]1O. The van der Waals surface area contributed by atoms with Gasteiger partial charge in [0.15, 0.2) is 37.7 Å². The number of aliphatic hydroxyl groups excluding tert-OH is 24. The third kappa shape index (κ3) is 22.6. The van der Waals surface area contributed by atoms with E-state index in [1.165, 1.54) is 0 Å². The lowest BCUT2D eigenvalue weighted by atomic mass is 9.89. The molecule has 672 valence electrons. The number of hydrogen-bond acceptors (Lipinski definition) is 49. The van der Waals surface area contributed by atoms with Crippen molar-refractivity contribution >= 4 is 35.4 Å². The Bertz CT molecular complexity index is 3250. The molecule has 0 aromatic heterocycles. The average Bonchev–Trinajstić information content (AvgIpc) is 0.740. The number of carboxylic acid groups (broad SMARTS) is 2. The molecule has 8 fully saturated rings. The summed E-state index contributed by atoms with van der Waals surface area (Å²) in [5, 5.41) is 284. The van der Waals surface area contributed by atoms with E-state index in [0.717, 1.165) is 0 Å². The third-order valence-electron chi connectivity index (χ3n) is 19.7. The number of ether oxygens (including phenoxy) is 15. The Morgan fingerprint density at radius 1 is 0.391 bits per heavy atom. The first-order chi connectivity index (χ1) is 53.4. The third-order valence-corrected chi connectivity index (χ3v) is 21.3. The van der Waals surface area contributed by atoms with Gasteiger partial charge in [0.2, 0.25) is 0 Å². The van der Waals surface area contributed by atoms with Crippen LogP contribution in [-0.2, 0) is 108 Å². The molecule has 0 amide bonds. The number of rotatable bonds is 35. The fourth-order valence-electron chi connectivity index (χ4n) is 13.7. The molecule has 115 heavy (non-hydrogen) atoms. The monoisotopic (exact) mass is 1760 g/mol. The van der Waals surface area contributed by atoms with Gasteiger partial charge >= 0.3 is 35.4 Å². The van der Waals surface area contributed by atoms with E-state index in [4.69, 9.17) is 96.1 Å². The smallest absolute Gasteiger partial charge is 0.470 e. The zero-order valence-corrected chi connectivity index (χ0v) is 61.6. The van der Waals surface area contributed by atoms with E-state index in [1.807, 2.05) is 0 Å². The first-order valence-electron chi connectivity index (χ1n) is 34.4. The minimum absolute atomic E-state index is 0.973. The minimum atomic E-state index is -6.29. The predicted molar refractivity (Wildman–Crippen MR) is 341 cm³/mol. The van der Waals surface area contributed by atoms with Crippen molar-refractivity contribution in [3.8, 4) is 0 Å². The van der Waals surface area contributed by atoms with Crippen LogP contribution >= 0.6 is 23.5 Å². The summed E-state index contributed by atoms with van der Waals surface area (Å²) in [6.45, 7) is -11.4. The largest absolute Gasteiger partial charge is 0.477 e. The zero-order valence-electron chi connectivity index (χ0n) is 58.9. The first-order valence-corrected chi connectivity index (χ1v) is 39.0. The predicted octanol–water partition coefficient (Wildman–Crippen LogP) is -20.4. The molecule has 0 bridgehead atoms. The molecular formula is C55H97N2O55P3. The number of phosphoric ester groups is 3. The second kappa shape index (κ2) is 40.1. The molecule has 8 rings (SSSR count). The number of phosphoric acid groups is 3. The summed E-state index contributed by atoms with van der Waals surface area (Å²) < 4.78 is 138. The Morgan fingerprint density at radius 3 is 1.34 bits per heavy atom. The molecule has 0 aliphatic carbocycles. The van der Waals surface area contributed by atoms with Gasteiger partial charge in [-0.2, -0.15) is 0 Å². The van der Waals surface area contributed by atoms with Crippen LogP contribution in [-0.4, -0.2) is 490 Å². The molecule has 43 atom stereocenters. The van der Waals surface area contributed by atoms with Gasteiger partial charge in [0.05, 0.1) is 77.1 Å². The van der Waals surface area contributed by atoms with Crippen molar-refractivity contribution in [1.82, 2.24) is 0 Å². The Hall–Kier alpha value is -2.37. The summed E-state index contributed by atoms with van der Waals surface area (Å²) in [4.78, 5) is 89.5. The maximum Gasteiger partial charge on any atom is 0.470 e. The molecule has 8 aliphatic heterocycles. The van der Waals surface area contributed by atoms with E-state index in [0.29, 0.717) is 0 Å². The molecule has 0 radical (unpaired) electrons. The highest BCUT2D eigenvalue weighted by Crippen LogP contribution is 2.50. The lowest BCUT2D eigenvalue weighted by Gasteiger charge is -2.53. The van der Waals surface area contributed by atoms with E-state index in [1.54, 1.807) is 0 Å². The van der Waals surface area contributed by atoms with Crippen LogP contribution in [0.4, 0.5) is 0 Å². The van der Waals surface area contributed by atoms with Gasteiger partial charge in [0, 0.05) is 12.8 Å². The van der Waals surface area contributed by atoms with Crippen LogP contribution in [0.1, 0.15) is 12.8 Å². The van der Waals surface area contributed by atoms with Crippen molar-refractivity contribution < 1.29 is 270 Å². The molecule has 0 unspecified atom stereocenters. The highest BCUT2D eigenvalue weighted by atomic mass is 31.2. The van der Waals surface area contributed by atoms with Crippen LogP contribution in [0.3, 0.4) is 0 Å². The standard InChI is InChI=1S/C55H97N2O55P3/c56-21-26(72)25(71)19(98-46(21)81)9-96-47-22(57)27(73)40(110-113(86,87)88)20(100-47)10-97-54(52(82)83)2-17(107-55(53(84)85)1-11(63)23(69)36(108-55)13(65)4-59)41(39(109-54)15(67)6-61)104-50-33(79)42(44(111-114(89,90)91)37(102-50)14(66)5-60)106-51-34(80)43(105-49-32(78)28(74)24(70)18(7-62)99-49)45(112-115(92,93)94)38(103-51)16(68)8-95-48-31(77)29(75)30(76)35(101-48)12(64)3-58/h11-51,58-81H,1-10,56-57H2,(H,82,83)(H,84,85)(H2,86,87,88)(H2,89,90,91)(H2,92,93,94)/t11-,12+,13-,14+,15-,16+,17-,18-,19-,20-,21-,22-,23-,24-,25-,26-,27-,28+,29+,30+,31+,32-,33+,34+,35-,36-,37-,38-,39-,40-,41-,42-,43-,44-,45-,46+,47-,48+,49-,50-,51-,54-,55-/m1/s1. The van der Waals surface area contributed by atoms with E-state index in [9.17, 15) is 185 Å². The van der Waals surface area contributed by atoms with Gasteiger partial charge in [-0.15, -0.1) is 0 Å². The lowest BCUT2D eigenvalue weighted by molar-refractivity contribution is -0.408. The van der Waals surface area contributed by atoms with E-state index in [2.05, 4.69) is 0 Å². The van der Waals surface area contributed by atoms with Crippen molar-refractivity contribution in [3.05, 3.63) is 0 Å². The summed E-state index contributed by atoms with van der Waals surface area (Å²) >= 11 is 0. The lowest BCUT2D eigenvalue weighted by Crippen LogP contribution is -2.71. The maximum absolute atomic E-state index is 14.1. The highest BCUT2D eigenvalue weighted by molar-refractivity contribution is 7.46. The molecular weight excluding hydrogens is 1660 g/mol. The van der Waals surface area contributed by atoms with E-state index in [-0.39, 0.29) is 0 Å².